The minimum Gasteiger partial charge on any atom is -0.497 e. The number of likely N-dealkylation sites (tertiary alicyclic amines) is 1. The molecule has 0 bridgehead atoms. The van der Waals surface area contributed by atoms with E-state index in [4.69, 9.17) is 18.9 Å². The maximum Gasteiger partial charge on any atom is 0.253 e. The summed E-state index contributed by atoms with van der Waals surface area (Å²) in [6.45, 7) is 1.79. The molecule has 3 rings (SSSR count). The van der Waals surface area contributed by atoms with Gasteiger partial charge < -0.3 is 29.2 Å². The molecule has 33 heavy (non-hydrogen) atoms. The quantitative estimate of drug-likeness (QED) is 0.554. The molecule has 2 amide bonds. The van der Waals surface area contributed by atoms with Crippen molar-refractivity contribution in [1.29, 1.82) is 0 Å². The molecule has 8 nitrogen and oxygen atoms in total. The van der Waals surface area contributed by atoms with Gasteiger partial charge in [0.15, 0.2) is 0 Å². The van der Waals surface area contributed by atoms with Crippen molar-refractivity contribution in [1.82, 2.24) is 10.2 Å². The van der Waals surface area contributed by atoms with Crippen molar-refractivity contribution in [3.05, 3.63) is 53.6 Å². The van der Waals surface area contributed by atoms with Gasteiger partial charge in [0.2, 0.25) is 5.91 Å². The van der Waals surface area contributed by atoms with Gasteiger partial charge in [-0.2, -0.15) is 0 Å². The molecule has 0 spiro atoms. The van der Waals surface area contributed by atoms with E-state index in [0.29, 0.717) is 49.1 Å². The van der Waals surface area contributed by atoms with E-state index in [1.54, 1.807) is 57.6 Å². The minimum atomic E-state index is -0.421. The summed E-state index contributed by atoms with van der Waals surface area (Å²) in [6, 6.07) is 12.5. The molecule has 2 aromatic rings. The third-order valence-electron chi connectivity index (χ3n) is 5.94. The van der Waals surface area contributed by atoms with Crippen LogP contribution in [0.25, 0.3) is 0 Å². The van der Waals surface area contributed by atoms with Gasteiger partial charge in [-0.3, -0.25) is 9.59 Å². The first-order valence-electron chi connectivity index (χ1n) is 10.9. The first kappa shape index (κ1) is 24.4. The second kappa shape index (κ2) is 11.6. The van der Waals surface area contributed by atoms with Crippen LogP contribution >= 0.6 is 0 Å². The lowest BCUT2D eigenvalue weighted by Gasteiger charge is -2.21. The van der Waals surface area contributed by atoms with E-state index in [1.165, 1.54) is 0 Å². The Kier molecular flexibility index (Phi) is 8.54. The summed E-state index contributed by atoms with van der Waals surface area (Å²) in [7, 11) is 6.41. The van der Waals surface area contributed by atoms with E-state index < -0.39 is 5.92 Å². The number of carbonyl (C=O) groups excluding carboxylic acids is 2. The maximum atomic E-state index is 13.2. The van der Waals surface area contributed by atoms with Crippen LogP contribution in [-0.4, -0.2) is 71.4 Å². The molecule has 0 aliphatic carbocycles. The highest BCUT2D eigenvalue weighted by atomic mass is 16.5. The summed E-state index contributed by atoms with van der Waals surface area (Å²) in [4.78, 5) is 28.1. The standard InChI is InChI=1S/C25H32N2O6/c1-30-13-5-12-26-24(28)22-16-27(25(29)17-6-8-18(31-2)9-7-17)15-21(22)20-14-19(32-3)10-11-23(20)33-4/h6-11,14,21-22H,5,12-13,15-16H2,1-4H3,(H,26,28)/t21-,22-/m0/s1. The molecule has 0 saturated carbocycles. The Morgan fingerprint density at radius 2 is 1.64 bits per heavy atom. The Labute approximate surface area is 194 Å². The number of hydrogen-bond acceptors (Lipinski definition) is 6. The van der Waals surface area contributed by atoms with E-state index in [0.717, 1.165) is 12.0 Å². The first-order valence-corrected chi connectivity index (χ1v) is 10.9. The van der Waals surface area contributed by atoms with Crippen LogP contribution in [0.2, 0.25) is 0 Å². The van der Waals surface area contributed by atoms with Crippen LogP contribution in [0.5, 0.6) is 17.2 Å². The Morgan fingerprint density at radius 1 is 0.939 bits per heavy atom. The van der Waals surface area contributed by atoms with Crippen LogP contribution in [0, 0.1) is 5.92 Å². The number of carbonyl (C=O) groups is 2. The number of nitrogens with zero attached hydrogens (tertiary/aromatic N) is 1. The lowest BCUT2D eigenvalue weighted by Crippen LogP contribution is -2.36. The first-order chi connectivity index (χ1) is 16.0. The van der Waals surface area contributed by atoms with Gasteiger partial charge in [0, 0.05) is 50.4 Å². The summed E-state index contributed by atoms with van der Waals surface area (Å²) in [6.07, 6.45) is 0.719. The van der Waals surface area contributed by atoms with Crippen LogP contribution in [0.1, 0.15) is 28.3 Å². The minimum absolute atomic E-state index is 0.0917. The monoisotopic (exact) mass is 456 g/mol. The normalized spacial score (nSPS) is 17.5. The van der Waals surface area contributed by atoms with Crippen molar-refractivity contribution in [3.8, 4) is 17.2 Å². The highest BCUT2D eigenvalue weighted by molar-refractivity contribution is 5.95. The summed E-state index contributed by atoms with van der Waals surface area (Å²) < 4.78 is 21.2. The van der Waals surface area contributed by atoms with Crippen LogP contribution in [0.15, 0.2) is 42.5 Å². The molecule has 8 heteroatoms. The van der Waals surface area contributed by atoms with Gasteiger partial charge in [-0.05, 0) is 48.9 Å². The molecule has 0 aromatic heterocycles. The van der Waals surface area contributed by atoms with Crippen molar-refractivity contribution >= 4 is 11.8 Å². The van der Waals surface area contributed by atoms with Crippen molar-refractivity contribution in [2.75, 3.05) is 54.7 Å². The number of hydrogen-bond donors (Lipinski definition) is 1. The summed E-state index contributed by atoms with van der Waals surface area (Å²) >= 11 is 0. The summed E-state index contributed by atoms with van der Waals surface area (Å²) in [5, 5.41) is 2.99. The lowest BCUT2D eigenvalue weighted by atomic mass is 9.87. The van der Waals surface area contributed by atoms with Crippen LogP contribution in [0.4, 0.5) is 0 Å². The van der Waals surface area contributed by atoms with Gasteiger partial charge in [0.25, 0.3) is 5.91 Å². The average molecular weight is 457 g/mol. The summed E-state index contributed by atoms with van der Waals surface area (Å²) in [5.41, 5.74) is 1.40. The van der Waals surface area contributed by atoms with Crippen LogP contribution in [-0.2, 0) is 9.53 Å². The zero-order valence-electron chi connectivity index (χ0n) is 19.6. The van der Waals surface area contributed by atoms with Gasteiger partial charge in [-0.15, -0.1) is 0 Å². The third kappa shape index (κ3) is 5.76. The molecule has 1 saturated heterocycles. The van der Waals surface area contributed by atoms with E-state index in [-0.39, 0.29) is 17.7 Å². The van der Waals surface area contributed by atoms with E-state index >= 15 is 0 Å². The molecule has 2 atom stereocenters. The molecular weight excluding hydrogens is 424 g/mol. The largest absolute Gasteiger partial charge is 0.497 e. The second-order valence-corrected chi connectivity index (χ2v) is 7.90. The van der Waals surface area contributed by atoms with Gasteiger partial charge in [-0.25, -0.2) is 0 Å². The van der Waals surface area contributed by atoms with Gasteiger partial charge in [0.05, 0.1) is 27.2 Å². The van der Waals surface area contributed by atoms with Crippen molar-refractivity contribution in [2.24, 2.45) is 5.92 Å². The van der Waals surface area contributed by atoms with E-state index in [1.807, 2.05) is 18.2 Å². The molecule has 2 aromatic carbocycles. The van der Waals surface area contributed by atoms with Crippen molar-refractivity contribution in [3.63, 3.8) is 0 Å². The Balaban J connectivity index is 1.87. The second-order valence-electron chi connectivity index (χ2n) is 7.90. The number of methoxy groups -OCH3 is 4. The maximum absolute atomic E-state index is 13.2. The van der Waals surface area contributed by atoms with E-state index in [9.17, 15) is 9.59 Å². The molecule has 1 aliphatic heterocycles. The number of rotatable bonds is 10. The Morgan fingerprint density at radius 3 is 2.27 bits per heavy atom. The van der Waals surface area contributed by atoms with E-state index in [2.05, 4.69) is 5.32 Å². The SMILES string of the molecule is COCCCNC(=O)[C@H]1CN(C(=O)c2ccc(OC)cc2)C[C@H]1c1cc(OC)ccc1OC. The predicted octanol–water partition coefficient (Wildman–Crippen LogP) is 2.72. The summed E-state index contributed by atoms with van der Waals surface area (Å²) in [5.74, 6) is 1.14. The van der Waals surface area contributed by atoms with Crippen LogP contribution in [0.3, 0.4) is 0 Å². The topological polar surface area (TPSA) is 86.3 Å². The molecule has 178 valence electrons. The van der Waals surface area contributed by atoms with Crippen LogP contribution < -0.4 is 19.5 Å². The highest BCUT2D eigenvalue weighted by Crippen LogP contribution is 2.40. The number of benzene rings is 2. The third-order valence-corrected chi connectivity index (χ3v) is 5.94. The number of nitrogens with one attached hydrogen (secondary N) is 1. The fourth-order valence-corrected chi connectivity index (χ4v) is 4.15. The molecule has 0 radical (unpaired) electrons. The number of ether oxygens (including phenoxy) is 4. The fraction of sp³-hybridized carbons (Fsp3) is 0.440. The average Bonchev–Trinajstić information content (AvgIpc) is 3.31. The van der Waals surface area contributed by atoms with Gasteiger partial charge >= 0.3 is 0 Å². The number of amides is 2. The Bertz CT molecular complexity index is 946. The fourth-order valence-electron chi connectivity index (χ4n) is 4.15. The molecule has 1 N–H and O–H groups in total. The van der Waals surface area contributed by atoms with Crippen molar-refractivity contribution < 1.29 is 28.5 Å². The molecule has 1 aliphatic rings. The molecular formula is C25H32N2O6. The zero-order chi connectivity index (χ0) is 23.8. The lowest BCUT2D eigenvalue weighted by molar-refractivity contribution is -0.125. The Hall–Kier alpha value is -3.26. The molecule has 0 unspecified atom stereocenters. The zero-order valence-corrected chi connectivity index (χ0v) is 19.6. The predicted molar refractivity (Wildman–Crippen MR) is 124 cm³/mol. The highest BCUT2D eigenvalue weighted by Gasteiger charge is 2.41. The smallest absolute Gasteiger partial charge is 0.253 e. The molecule has 1 heterocycles. The van der Waals surface area contributed by atoms with Gasteiger partial charge in [0.1, 0.15) is 17.2 Å². The van der Waals surface area contributed by atoms with Crippen molar-refractivity contribution in [2.45, 2.75) is 12.3 Å². The van der Waals surface area contributed by atoms with Gasteiger partial charge in [-0.1, -0.05) is 0 Å². The molecule has 1 fully saturated rings.